The summed E-state index contributed by atoms with van der Waals surface area (Å²) in [6.07, 6.45) is 3.88. The van der Waals surface area contributed by atoms with Gasteiger partial charge < -0.3 is 20.7 Å². The molecule has 0 atom stereocenters. The first-order chi connectivity index (χ1) is 7.76. The highest BCUT2D eigenvalue weighted by molar-refractivity contribution is 5.75. The molecule has 0 unspecified atom stereocenters. The van der Waals surface area contributed by atoms with E-state index in [-0.39, 0.29) is 11.6 Å². The maximum absolute atomic E-state index is 12.0. The fourth-order valence-electron chi connectivity index (χ4n) is 2.37. The van der Waals surface area contributed by atoms with Crippen LogP contribution in [0.3, 0.4) is 0 Å². The first kappa shape index (κ1) is 11.7. The number of nitrogens with zero attached hydrogens (tertiary/aromatic N) is 1. The van der Waals surface area contributed by atoms with Crippen molar-refractivity contribution >= 4 is 6.03 Å². The van der Waals surface area contributed by atoms with Gasteiger partial charge in [0, 0.05) is 32.8 Å². The van der Waals surface area contributed by atoms with Crippen molar-refractivity contribution < 1.29 is 9.53 Å². The van der Waals surface area contributed by atoms with Crippen LogP contribution in [0.15, 0.2) is 0 Å². The van der Waals surface area contributed by atoms with E-state index < -0.39 is 0 Å². The van der Waals surface area contributed by atoms with E-state index in [0.29, 0.717) is 19.8 Å². The summed E-state index contributed by atoms with van der Waals surface area (Å²) in [6.45, 7) is 3.64. The van der Waals surface area contributed by atoms with Crippen molar-refractivity contribution in [2.75, 3.05) is 32.8 Å². The van der Waals surface area contributed by atoms with Gasteiger partial charge in [0.2, 0.25) is 0 Å². The molecular formula is C11H21N3O2. The molecule has 0 spiro atoms. The van der Waals surface area contributed by atoms with Gasteiger partial charge in [-0.2, -0.15) is 0 Å². The van der Waals surface area contributed by atoms with Gasteiger partial charge in [-0.15, -0.1) is 0 Å². The summed E-state index contributed by atoms with van der Waals surface area (Å²) in [5.41, 5.74) is 5.56. The van der Waals surface area contributed by atoms with Crippen LogP contribution in [0.25, 0.3) is 0 Å². The summed E-state index contributed by atoms with van der Waals surface area (Å²) in [5, 5.41) is 3.11. The Morgan fingerprint density at radius 3 is 2.50 bits per heavy atom. The summed E-state index contributed by atoms with van der Waals surface area (Å²) in [5.74, 6) is 0. The van der Waals surface area contributed by atoms with Gasteiger partial charge in [0.05, 0.1) is 5.54 Å². The van der Waals surface area contributed by atoms with Crippen LogP contribution in [-0.2, 0) is 4.74 Å². The summed E-state index contributed by atoms with van der Waals surface area (Å²) in [4.78, 5) is 13.9. The van der Waals surface area contributed by atoms with Crippen molar-refractivity contribution in [3.8, 4) is 0 Å². The van der Waals surface area contributed by atoms with Crippen LogP contribution < -0.4 is 11.1 Å². The van der Waals surface area contributed by atoms with Crippen LogP contribution in [0.4, 0.5) is 4.79 Å². The average molecular weight is 227 g/mol. The minimum absolute atomic E-state index is 0.0462. The van der Waals surface area contributed by atoms with E-state index in [2.05, 4.69) is 5.32 Å². The molecule has 2 heterocycles. The minimum atomic E-state index is -0.238. The number of nitrogens with one attached hydrogen (secondary N) is 1. The van der Waals surface area contributed by atoms with Crippen molar-refractivity contribution in [1.29, 1.82) is 0 Å². The second-order valence-electron chi connectivity index (χ2n) is 4.72. The zero-order valence-corrected chi connectivity index (χ0v) is 9.71. The molecular weight excluding hydrogens is 206 g/mol. The molecule has 92 valence electrons. The lowest BCUT2D eigenvalue weighted by atomic mass is 9.90. The van der Waals surface area contributed by atoms with Crippen LogP contribution in [0.1, 0.15) is 25.7 Å². The molecule has 2 aliphatic heterocycles. The fourth-order valence-corrected chi connectivity index (χ4v) is 2.37. The van der Waals surface area contributed by atoms with Gasteiger partial charge in [0.15, 0.2) is 0 Å². The molecule has 0 aliphatic carbocycles. The predicted molar refractivity (Wildman–Crippen MR) is 61.2 cm³/mol. The first-order valence-electron chi connectivity index (χ1n) is 6.11. The van der Waals surface area contributed by atoms with Gasteiger partial charge in [-0.25, -0.2) is 4.79 Å². The van der Waals surface area contributed by atoms with E-state index in [1.165, 1.54) is 0 Å². The summed E-state index contributed by atoms with van der Waals surface area (Å²) < 4.78 is 5.31. The fraction of sp³-hybridized carbons (Fsp3) is 0.909. The third-order valence-corrected chi connectivity index (χ3v) is 3.61. The van der Waals surface area contributed by atoms with Crippen molar-refractivity contribution in [3.63, 3.8) is 0 Å². The lowest BCUT2D eigenvalue weighted by molar-refractivity contribution is 0.0435. The second-order valence-corrected chi connectivity index (χ2v) is 4.72. The molecule has 0 bridgehead atoms. The highest BCUT2D eigenvalue weighted by Gasteiger charge is 2.34. The van der Waals surface area contributed by atoms with Gasteiger partial charge >= 0.3 is 6.03 Å². The Hall–Kier alpha value is -0.810. The lowest BCUT2D eigenvalue weighted by Crippen LogP contribution is -2.59. The number of amides is 2. The Bertz CT molecular complexity index is 246. The molecule has 2 saturated heterocycles. The normalized spacial score (nSPS) is 24.4. The highest BCUT2D eigenvalue weighted by Crippen LogP contribution is 2.20. The quantitative estimate of drug-likeness (QED) is 0.713. The third-order valence-electron chi connectivity index (χ3n) is 3.61. The molecule has 3 N–H and O–H groups in total. The Morgan fingerprint density at radius 2 is 1.94 bits per heavy atom. The van der Waals surface area contributed by atoms with E-state index in [1.54, 1.807) is 0 Å². The van der Waals surface area contributed by atoms with Gasteiger partial charge in [-0.3, -0.25) is 0 Å². The van der Waals surface area contributed by atoms with Gasteiger partial charge in [-0.1, -0.05) is 0 Å². The maximum Gasteiger partial charge on any atom is 0.317 e. The molecule has 0 aromatic heterocycles. The Kier molecular flexibility index (Phi) is 3.66. The number of ether oxygens (including phenoxy) is 1. The smallest absolute Gasteiger partial charge is 0.317 e. The number of nitrogens with two attached hydrogens (primary N) is 1. The zero-order chi connectivity index (χ0) is 11.4. The third kappa shape index (κ3) is 2.47. The molecule has 16 heavy (non-hydrogen) atoms. The van der Waals surface area contributed by atoms with Crippen molar-refractivity contribution in [2.45, 2.75) is 31.2 Å². The van der Waals surface area contributed by atoms with Gasteiger partial charge in [-0.05, 0) is 25.7 Å². The molecule has 0 aromatic carbocycles. The zero-order valence-electron chi connectivity index (χ0n) is 9.71. The van der Waals surface area contributed by atoms with E-state index in [9.17, 15) is 4.79 Å². The molecule has 0 aromatic rings. The van der Waals surface area contributed by atoms with Crippen LogP contribution in [-0.4, -0.2) is 49.3 Å². The molecule has 0 radical (unpaired) electrons. The van der Waals surface area contributed by atoms with E-state index >= 15 is 0 Å². The molecule has 0 saturated carbocycles. The summed E-state index contributed by atoms with van der Waals surface area (Å²) in [6, 6.07) is 0.0462. The monoisotopic (exact) mass is 227 g/mol. The van der Waals surface area contributed by atoms with E-state index in [4.69, 9.17) is 10.5 Å². The van der Waals surface area contributed by atoms with Crippen LogP contribution in [0.2, 0.25) is 0 Å². The Balaban J connectivity index is 1.91. The molecule has 2 fully saturated rings. The highest BCUT2D eigenvalue weighted by atomic mass is 16.5. The predicted octanol–water partition coefficient (Wildman–Crippen LogP) is 0.300. The van der Waals surface area contributed by atoms with Crippen molar-refractivity contribution in [3.05, 3.63) is 0 Å². The lowest BCUT2D eigenvalue weighted by Gasteiger charge is -2.38. The number of hydrogen-bond acceptors (Lipinski definition) is 3. The molecule has 5 heteroatoms. The number of urea groups is 1. The average Bonchev–Trinajstić information content (AvgIpc) is 2.84. The number of likely N-dealkylation sites (tertiary alicyclic amines) is 1. The van der Waals surface area contributed by atoms with Crippen LogP contribution >= 0.6 is 0 Å². The standard InChI is InChI=1S/C11H21N3O2/c12-9-11(3-7-16-8-4-11)13-10(15)14-5-1-2-6-14/h1-9,12H2,(H,13,15). The molecule has 2 aliphatic rings. The van der Waals surface area contributed by atoms with Crippen molar-refractivity contribution in [2.24, 2.45) is 5.73 Å². The number of carbonyl (C=O) groups is 1. The van der Waals surface area contributed by atoms with Crippen LogP contribution in [0, 0.1) is 0 Å². The second kappa shape index (κ2) is 5.01. The Labute approximate surface area is 96.3 Å². The largest absolute Gasteiger partial charge is 0.381 e. The molecule has 5 nitrogen and oxygen atoms in total. The maximum atomic E-state index is 12.0. The molecule has 2 amide bonds. The number of rotatable bonds is 2. The summed E-state index contributed by atoms with van der Waals surface area (Å²) in [7, 11) is 0. The van der Waals surface area contributed by atoms with Crippen LogP contribution in [0.5, 0.6) is 0 Å². The minimum Gasteiger partial charge on any atom is -0.381 e. The van der Waals surface area contributed by atoms with Crippen molar-refractivity contribution in [1.82, 2.24) is 10.2 Å². The number of hydrogen-bond donors (Lipinski definition) is 2. The topological polar surface area (TPSA) is 67.6 Å². The van der Waals surface area contributed by atoms with E-state index in [1.807, 2.05) is 4.90 Å². The van der Waals surface area contributed by atoms with E-state index in [0.717, 1.165) is 38.8 Å². The molecule has 2 rings (SSSR count). The first-order valence-corrected chi connectivity index (χ1v) is 6.11. The number of carbonyl (C=O) groups excluding carboxylic acids is 1. The Morgan fingerprint density at radius 1 is 1.31 bits per heavy atom. The van der Waals surface area contributed by atoms with Gasteiger partial charge in [0.1, 0.15) is 0 Å². The SMILES string of the molecule is NCC1(NC(=O)N2CCCC2)CCOCC1. The summed E-state index contributed by atoms with van der Waals surface area (Å²) >= 11 is 0. The van der Waals surface area contributed by atoms with Gasteiger partial charge in [0.25, 0.3) is 0 Å².